The average molecular weight is 476 g/mol. The monoisotopic (exact) mass is 475 g/mol. The Labute approximate surface area is 194 Å². The van der Waals surface area contributed by atoms with E-state index in [2.05, 4.69) is 10.2 Å². The van der Waals surface area contributed by atoms with Gasteiger partial charge in [0.1, 0.15) is 6.54 Å². The fourth-order valence-electron chi connectivity index (χ4n) is 3.90. The summed E-state index contributed by atoms with van der Waals surface area (Å²) in [5.41, 5.74) is 0.379. The van der Waals surface area contributed by atoms with Crippen LogP contribution in [-0.4, -0.2) is 49.4 Å². The quantitative estimate of drug-likeness (QED) is 0.630. The van der Waals surface area contributed by atoms with Crippen molar-refractivity contribution in [3.8, 4) is 0 Å². The lowest BCUT2D eigenvalue weighted by Gasteiger charge is -2.30. The first kappa shape index (κ1) is 23.4. The summed E-state index contributed by atoms with van der Waals surface area (Å²) >= 11 is 1.24. The van der Waals surface area contributed by atoms with Gasteiger partial charge >= 0.3 is 6.18 Å². The maximum absolute atomic E-state index is 13.2. The molecule has 174 valence electrons. The second-order valence-electron chi connectivity index (χ2n) is 7.99. The van der Waals surface area contributed by atoms with Gasteiger partial charge in [-0.2, -0.15) is 13.2 Å². The molecule has 5 nitrogen and oxygen atoms in total. The van der Waals surface area contributed by atoms with Crippen molar-refractivity contribution in [3.63, 3.8) is 0 Å². The second-order valence-corrected chi connectivity index (χ2v) is 9.07. The number of nitrogens with one attached hydrogen (secondary N) is 1. The smallest absolute Gasteiger partial charge is 0.353 e. The minimum Gasteiger partial charge on any atom is -0.353 e. The van der Waals surface area contributed by atoms with Crippen LogP contribution in [0.25, 0.3) is 6.08 Å². The fraction of sp³-hybridized carbons (Fsp3) is 0.333. The summed E-state index contributed by atoms with van der Waals surface area (Å²) in [5, 5.41) is 2.89. The first-order valence-corrected chi connectivity index (χ1v) is 11.6. The van der Waals surface area contributed by atoms with Gasteiger partial charge in [-0.25, -0.2) is 0 Å². The van der Waals surface area contributed by atoms with E-state index in [9.17, 15) is 22.8 Å². The number of thioether (sulfide) groups is 1. The molecule has 33 heavy (non-hydrogen) atoms. The van der Waals surface area contributed by atoms with Gasteiger partial charge in [0.05, 0.1) is 16.2 Å². The molecule has 2 heterocycles. The van der Waals surface area contributed by atoms with E-state index in [0.717, 1.165) is 36.7 Å². The van der Waals surface area contributed by atoms with Crippen LogP contribution in [0.1, 0.15) is 24.0 Å². The summed E-state index contributed by atoms with van der Waals surface area (Å²) in [5.74, 6) is -0.605. The SMILES string of the molecule is O=C(CN1C(=O)/C(=C/c2ccc(C(F)(F)F)cc2)Sc2ccccc21)NCCN1CCCC1. The van der Waals surface area contributed by atoms with E-state index < -0.39 is 11.7 Å². The molecule has 0 radical (unpaired) electrons. The summed E-state index contributed by atoms with van der Waals surface area (Å²) in [6.45, 7) is 3.27. The third-order valence-electron chi connectivity index (χ3n) is 5.62. The topological polar surface area (TPSA) is 52.7 Å². The number of fused-ring (bicyclic) bond motifs is 1. The van der Waals surface area contributed by atoms with E-state index in [0.29, 0.717) is 22.7 Å². The molecule has 2 aromatic rings. The highest BCUT2D eigenvalue weighted by molar-refractivity contribution is 8.04. The van der Waals surface area contributed by atoms with Gasteiger partial charge in [-0.3, -0.25) is 14.5 Å². The van der Waals surface area contributed by atoms with Crippen molar-refractivity contribution < 1.29 is 22.8 Å². The third-order valence-corrected chi connectivity index (χ3v) is 6.70. The van der Waals surface area contributed by atoms with Crippen molar-refractivity contribution in [2.24, 2.45) is 0 Å². The summed E-state index contributed by atoms with van der Waals surface area (Å²) in [6.07, 6.45) is -0.502. The number of halogens is 3. The number of hydrogen-bond donors (Lipinski definition) is 1. The minimum absolute atomic E-state index is 0.124. The summed E-state index contributed by atoms with van der Waals surface area (Å²) < 4.78 is 38.5. The van der Waals surface area contributed by atoms with Crippen LogP contribution in [0.4, 0.5) is 18.9 Å². The van der Waals surface area contributed by atoms with Crippen molar-refractivity contribution in [1.29, 1.82) is 0 Å². The fourth-order valence-corrected chi connectivity index (χ4v) is 4.96. The molecule has 1 N–H and O–H groups in total. The molecule has 0 spiro atoms. The van der Waals surface area contributed by atoms with E-state index in [1.807, 2.05) is 12.1 Å². The van der Waals surface area contributed by atoms with E-state index in [1.54, 1.807) is 18.2 Å². The van der Waals surface area contributed by atoms with Crippen LogP contribution >= 0.6 is 11.8 Å². The maximum atomic E-state index is 13.2. The third kappa shape index (κ3) is 5.78. The zero-order valence-corrected chi connectivity index (χ0v) is 18.7. The highest BCUT2D eigenvalue weighted by Crippen LogP contribution is 2.42. The molecule has 1 saturated heterocycles. The number of nitrogens with zero attached hydrogens (tertiary/aromatic N) is 2. The van der Waals surface area contributed by atoms with Crippen molar-refractivity contribution >= 4 is 35.3 Å². The van der Waals surface area contributed by atoms with Gasteiger partial charge in [0.25, 0.3) is 5.91 Å². The van der Waals surface area contributed by atoms with E-state index >= 15 is 0 Å². The molecule has 2 aromatic carbocycles. The van der Waals surface area contributed by atoms with Gasteiger partial charge in [-0.1, -0.05) is 36.0 Å². The Morgan fingerprint density at radius 2 is 1.76 bits per heavy atom. The Morgan fingerprint density at radius 3 is 2.45 bits per heavy atom. The molecule has 4 rings (SSSR count). The van der Waals surface area contributed by atoms with Gasteiger partial charge in [-0.15, -0.1) is 0 Å². The van der Waals surface area contributed by atoms with Gasteiger partial charge < -0.3 is 10.2 Å². The molecule has 0 saturated carbocycles. The Bertz CT molecular complexity index is 1050. The number of para-hydroxylation sites is 1. The maximum Gasteiger partial charge on any atom is 0.416 e. The van der Waals surface area contributed by atoms with Crippen molar-refractivity contribution in [2.75, 3.05) is 37.6 Å². The zero-order chi connectivity index (χ0) is 23.4. The molecule has 2 amide bonds. The minimum atomic E-state index is -4.42. The summed E-state index contributed by atoms with van der Waals surface area (Å²) in [6, 6.07) is 11.9. The molecule has 2 aliphatic heterocycles. The van der Waals surface area contributed by atoms with E-state index in [-0.39, 0.29) is 18.4 Å². The number of carbonyl (C=O) groups is 2. The van der Waals surface area contributed by atoms with Gasteiger partial charge in [0.15, 0.2) is 0 Å². The largest absolute Gasteiger partial charge is 0.416 e. The summed E-state index contributed by atoms with van der Waals surface area (Å²) in [7, 11) is 0. The van der Waals surface area contributed by atoms with Crippen LogP contribution in [-0.2, 0) is 15.8 Å². The van der Waals surface area contributed by atoms with Crippen LogP contribution < -0.4 is 10.2 Å². The lowest BCUT2D eigenvalue weighted by Crippen LogP contribution is -2.44. The van der Waals surface area contributed by atoms with Crippen molar-refractivity contribution in [2.45, 2.75) is 23.9 Å². The predicted octanol–water partition coefficient (Wildman–Crippen LogP) is 4.40. The van der Waals surface area contributed by atoms with Crippen LogP contribution in [0.3, 0.4) is 0 Å². The molecule has 0 bridgehead atoms. The number of benzene rings is 2. The predicted molar refractivity (Wildman–Crippen MR) is 123 cm³/mol. The molecule has 0 aliphatic carbocycles. The van der Waals surface area contributed by atoms with Crippen molar-refractivity contribution in [3.05, 3.63) is 64.6 Å². The van der Waals surface area contributed by atoms with Crippen LogP contribution in [0, 0.1) is 0 Å². The molecule has 0 atom stereocenters. The highest BCUT2D eigenvalue weighted by atomic mass is 32.2. The number of alkyl halides is 3. The van der Waals surface area contributed by atoms with Crippen LogP contribution in [0.15, 0.2) is 58.3 Å². The summed E-state index contributed by atoms with van der Waals surface area (Å²) in [4.78, 5) is 30.7. The molecule has 0 aromatic heterocycles. The van der Waals surface area contributed by atoms with E-state index in [1.165, 1.54) is 41.6 Å². The number of rotatable bonds is 6. The van der Waals surface area contributed by atoms with E-state index in [4.69, 9.17) is 0 Å². The Morgan fingerprint density at radius 1 is 1.06 bits per heavy atom. The molecule has 0 unspecified atom stereocenters. The first-order valence-electron chi connectivity index (χ1n) is 10.8. The number of amides is 2. The second kappa shape index (κ2) is 10.0. The van der Waals surface area contributed by atoms with Crippen molar-refractivity contribution in [1.82, 2.24) is 10.2 Å². The number of likely N-dealkylation sites (tertiary alicyclic amines) is 1. The van der Waals surface area contributed by atoms with Gasteiger partial charge in [-0.05, 0) is 61.8 Å². The molecule has 9 heteroatoms. The van der Waals surface area contributed by atoms with Gasteiger partial charge in [0, 0.05) is 18.0 Å². The number of hydrogen-bond acceptors (Lipinski definition) is 4. The molecular weight excluding hydrogens is 451 g/mol. The number of carbonyl (C=O) groups excluding carboxylic acids is 2. The highest BCUT2D eigenvalue weighted by Gasteiger charge is 2.31. The zero-order valence-electron chi connectivity index (χ0n) is 17.9. The molecular formula is C24H24F3N3O2S. The number of anilines is 1. The Balaban J connectivity index is 1.49. The Kier molecular flexibility index (Phi) is 7.09. The van der Waals surface area contributed by atoms with Crippen LogP contribution in [0.2, 0.25) is 0 Å². The normalized spacial score (nSPS) is 18.0. The average Bonchev–Trinajstić information content (AvgIpc) is 3.30. The first-order chi connectivity index (χ1) is 15.8. The lowest BCUT2D eigenvalue weighted by atomic mass is 10.1. The van der Waals surface area contributed by atoms with Crippen LogP contribution in [0.5, 0.6) is 0 Å². The Hall–Kier alpha value is -2.78. The standard InChI is InChI=1S/C24H24F3N3O2S/c25-24(26,27)18-9-7-17(8-10-18)15-21-23(32)30(19-5-1-2-6-20(19)33-21)16-22(31)28-11-14-29-12-3-4-13-29/h1-2,5-10,15H,3-4,11-14,16H2,(H,28,31)/b21-15-. The molecule has 2 aliphatic rings. The molecule has 1 fully saturated rings. The lowest BCUT2D eigenvalue weighted by molar-refractivity contribution is -0.137. The van der Waals surface area contributed by atoms with Gasteiger partial charge in [0.2, 0.25) is 5.91 Å².